The molecule has 10 nitrogen and oxygen atoms in total. The van der Waals surface area contributed by atoms with Crippen molar-refractivity contribution in [1.82, 2.24) is 0 Å². The van der Waals surface area contributed by atoms with Crippen LogP contribution >= 0.6 is 0 Å². The number of esters is 2. The predicted octanol–water partition coefficient (Wildman–Crippen LogP) is 6.06. The maximum Gasteiger partial charge on any atom is 0.331 e. The van der Waals surface area contributed by atoms with Gasteiger partial charge < -0.3 is 37.9 Å². The lowest BCUT2D eigenvalue weighted by atomic mass is 10.0. The van der Waals surface area contributed by atoms with Crippen molar-refractivity contribution >= 4 is 11.9 Å². The number of hydrogen-bond acceptors (Lipinski definition) is 10. The minimum atomic E-state index is -0.405. The van der Waals surface area contributed by atoms with E-state index in [1.165, 1.54) is 90.6 Å². The highest BCUT2D eigenvalue weighted by Gasteiger charge is 2.03. The maximum absolute atomic E-state index is 11.8. The zero-order chi connectivity index (χ0) is 31.3. The SMILES string of the molecule is CCCCCCCCCCCCCCCCCC(=O)OCCOCCOCCOCCOCCOCCOCC(=O)OC. The van der Waals surface area contributed by atoms with E-state index < -0.39 is 5.97 Å². The van der Waals surface area contributed by atoms with Gasteiger partial charge >= 0.3 is 11.9 Å². The van der Waals surface area contributed by atoms with Gasteiger partial charge in [0.15, 0.2) is 0 Å². The topological polar surface area (TPSA) is 108 Å². The summed E-state index contributed by atoms with van der Waals surface area (Å²) in [5, 5.41) is 0. The number of methoxy groups -OCH3 is 1. The largest absolute Gasteiger partial charge is 0.467 e. The van der Waals surface area contributed by atoms with Gasteiger partial charge in [-0.3, -0.25) is 4.79 Å². The van der Waals surface area contributed by atoms with Gasteiger partial charge in [0.05, 0.1) is 79.8 Å². The third-order valence-corrected chi connectivity index (χ3v) is 6.78. The first-order valence-corrected chi connectivity index (χ1v) is 16.9. The lowest BCUT2D eigenvalue weighted by molar-refractivity contribution is -0.146. The molecule has 0 heterocycles. The van der Waals surface area contributed by atoms with E-state index in [9.17, 15) is 9.59 Å². The van der Waals surface area contributed by atoms with Crippen molar-refractivity contribution in [3.8, 4) is 0 Å². The van der Waals surface area contributed by atoms with Crippen LogP contribution in [0.25, 0.3) is 0 Å². The fourth-order valence-corrected chi connectivity index (χ4v) is 4.24. The second-order valence-corrected chi connectivity index (χ2v) is 10.6. The molecule has 0 aliphatic carbocycles. The number of carbonyl (C=O) groups excluding carboxylic acids is 2. The molecule has 0 atom stereocenters. The minimum Gasteiger partial charge on any atom is -0.467 e. The normalized spacial score (nSPS) is 11.2. The molecule has 0 saturated carbocycles. The molecule has 0 unspecified atom stereocenters. The summed E-state index contributed by atoms with van der Waals surface area (Å²) in [5.41, 5.74) is 0. The van der Waals surface area contributed by atoms with Crippen LogP contribution in [0.15, 0.2) is 0 Å². The Kier molecular flexibility index (Phi) is 35.8. The number of carbonyl (C=O) groups is 2. The van der Waals surface area contributed by atoms with E-state index in [-0.39, 0.29) is 19.2 Å². The van der Waals surface area contributed by atoms with Gasteiger partial charge in [0.25, 0.3) is 0 Å². The summed E-state index contributed by atoms with van der Waals surface area (Å²) in [6, 6.07) is 0. The van der Waals surface area contributed by atoms with E-state index in [0.717, 1.165) is 12.8 Å². The van der Waals surface area contributed by atoms with Gasteiger partial charge in [0.2, 0.25) is 0 Å². The molecular weight excluding hydrogens is 556 g/mol. The number of unbranched alkanes of at least 4 members (excludes halogenated alkanes) is 14. The Hall–Kier alpha value is -1.30. The quantitative estimate of drug-likeness (QED) is 0.0605. The Morgan fingerprint density at radius 1 is 0.395 bits per heavy atom. The summed E-state index contributed by atoms with van der Waals surface area (Å²) in [6.45, 7) is 7.33. The number of hydrogen-bond donors (Lipinski definition) is 0. The van der Waals surface area contributed by atoms with Crippen molar-refractivity contribution in [2.45, 2.75) is 110 Å². The van der Waals surface area contributed by atoms with Crippen LogP contribution in [-0.2, 0) is 47.5 Å². The molecule has 0 saturated heterocycles. The summed E-state index contributed by atoms with van der Waals surface area (Å²) in [4.78, 5) is 22.7. The first kappa shape index (κ1) is 41.7. The van der Waals surface area contributed by atoms with Crippen molar-refractivity contribution in [2.24, 2.45) is 0 Å². The summed E-state index contributed by atoms with van der Waals surface area (Å²) >= 11 is 0. The Labute approximate surface area is 262 Å². The molecule has 0 N–H and O–H groups in total. The molecule has 0 bridgehead atoms. The van der Waals surface area contributed by atoms with E-state index in [0.29, 0.717) is 79.1 Å². The van der Waals surface area contributed by atoms with Crippen molar-refractivity contribution < 1.29 is 47.5 Å². The van der Waals surface area contributed by atoms with Gasteiger partial charge in [-0.25, -0.2) is 4.79 Å². The van der Waals surface area contributed by atoms with Gasteiger partial charge in [0, 0.05) is 6.42 Å². The Bertz CT molecular complexity index is 576. The molecule has 0 aliphatic rings. The Morgan fingerprint density at radius 2 is 0.721 bits per heavy atom. The third kappa shape index (κ3) is 36.8. The molecule has 43 heavy (non-hydrogen) atoms. The maximum atomic E-state index is 11.8. The monoisotopic (exact) mass is 620 g/mol. The van der Waals surface area contributed by atoms with Gasteiger partial charge in [0.1, 0.15) is 13.2 Å². The lowest BCUT2D eigenvalue weighted by Gasteiger charge is -2.08. The minimum absolute atomic E-state index is 0.0682. The molecule has 0 aromatic heterocycles. The van der Waals surface area contributed by atoms with E-state index in [1.807, 2.05) is 0 Å². The first-order chi connectivity index (χ1) is 21.2. The summed E-state index contributed by atoms with van der Waals surface area (Å²) in [7, 11) is 1.32. The second-order valence-electron chi connectivity index (χ2n) is 10.6. The second kappa shape index (κ2) is 36.9. The van der Waals surface area contributed by atoms with Crippen LogP contribution in [0.4, 0.5) is 0 Å². The molecule has 0 amide bonds. The Morgan fingerprint density at radius 3 is 1.09 bits per heavy atom. The highest BCUT2D eigenvalue weighted by atomic mass is 16.6. The van der Waals surface area contributed by atoms with E-state index >= 15 is 0 Å². The van der Waals surface area contributed by atoms with Crippen LogP contribution in [0.5, 0.6) is 0 Å². The molecule has 10 heteroatoms. The molecule has 0 rings (SSSR count). The van der Waals surface area contributed by atoms with Gasteiger partial charge in [-0.2, -0.15) is 0 Å². The molecule has 0 aliphatic heterocycles. The van der Waals surface area contributed by atoms with Crippen molar-refractivity contribution in [3.05, 3.63) is 0 Å². The fraction of sp³-hybridized carbons (Fsp3) is 0.939. The standard InChI is InChI=1S/C33H64O10/c1-3-4-5-6-7-8-9-10-11-12-13-14-15-16-17-18-32(34)43-30-29-41-26-25-39-22-21-37-19-20-38-23-24-40-27-28-42-31-33(35)36-2/h3-31H2,1-2H3. The smallest absolute Gasteiger partial charge is 0.331 e. The summed E-state index contributed by atoms with van der Waals surface area (Å²) in [6.07, 6.45) is 20.2. The Balaban J connectivity index is 3.15. The number of rotatable bonds is 36. The van der Waals surface area contributed by atoms with Crippen LogP contribution in [0.2, 0.25) is 0 Å². The molecule has 0 spiro atoms. The van der Waals surface area contributed by atoms with E-state index in [1.54, 1.807) is 0 Å². The van der Waals surface area contributed by atoms with Crippen LogP contribution in [-0.4, -0.2) is 105 Å². The van der Waals surface area contributed by atoms with Crippen LogP contribution in [0.3, 0.4) is 0 Å². The molecule has 0 aromatic carbocycles. The molecule has 0 aromatic rings. The van der Waals surface area contributed by atoms with Gasteiger partial charge in [-0.05, 0) is 6.42 Å². The predicted molar refractivity (Wildman–Crippen MR) is 167 cm³/mol. The zero-order valence-electron chi connectivity index (χ0n) is 27.6. The molecule has 256 valence electrons. The van der Waals surface area contributed by atoms with E-state index in [2.05, 4.69) is 11.7 Å². The third-order valence-electron chi connectivity index (χ3n) is 6.78. The first-order valence-electron chi connectivity index (χ1n) is 16.9. The molecule has 0 fully saturated rings. The van der Waals surface area contributed by atoms with Crippen LogP contribution in [0, 0.1) is 0 Å². The average Bonchev–Trinajstić information content (AvgIpc) is 3.01. The summed E-state index contributed by atoms with van der Waals surface area (Å²) < 4.78 is 41.8. The fourth-order valence-electron chi connectivity index (χ4n) is 4.24. The van der Waals surface area contributed by atoms with Gasteiger partial charge in [-0.15, -0.1) is 0 Å². The average molecular weight is 621 g/mol. The van der Waals surface area contributed by atoms with Crippen LogP contribution < -0.4 is 0 Å². The lowest BCUT2D eigenvalue weighted by Crippen LogP contribution is -2.16. The van der Waals surface area contributed by atoms with Gasteiger partial charge in [-0.1, -0.05) is 96.8 Å². The highest BCUT2D eigenvalue weighted by molar-refractivity contribution is 5.70. The van der Waals surface area contributed by atoms with Crippen molar-refractivity contribution in [2.75, 3.05) is 93.0 Å². The highest BCUT2D eigenvalue weighted by Crippen LogP contribution is 2.13. The van der Waals surface area contributed by atoms with E-state index in [4.69, 9.17) is 33.2 Å². The molecular formula is C33H64O10. The van der Waals surface area contributed by atoms with Crippen molar-refractivity contribution in [3.63, 3.8) is 0 Å². The van der Waals surface area contributed by atoms with Crippen LogP contribution in [0.1, 0.15) is 110 Å². The molecule has 0 radical (unpaired) electrons. The van der Waals surface area contributed by atoms with Crippen molar-refractivity contribution in [1.29, 1.82) is 0 Å². The number of ether oxygens (including phenoxy) is 8. The zero-order valence-corrected chi connectivity index (χ0v) is 27.6. The summed E-state index contributed by atoms with van der Waals surface area (Å²) in [5.74, 6) is -0.539.